The van der Waals surface area contributed by atoms with Crippen LogP contribution in [0.25, 0.3) is 10.8 Å². The number of rotatable bonds is 1. The molecule has 1 N–H and O–H groups in total. The Morgan fingerprint density at radius 2 is 1.94 bits per heavy atom. The minimum absolute atomic E-state index is 0.0454. The average molecular weight is 306 g/mol. The third kappa shape index (κ3) is 2.26. The van der Waals surface area contributed by atoms with Crippen molar-refractivity contribution in [1.29, 1.82) is 0 Å². The zero-order valence-corrected chi connectivity index (χ0v) is 11.2. The third-order valence-electron chi connectivity index (χ3n) is 3.10. The summed E-state index contributed by atoms with van der Waals surface area (Å²) < 4.78 is 6.60. The highest BCUT2D eigenvalue weighted by Gasteiger charge is 2.20. The number of hydrogen-bond donors (Lipinski definition) is 1. The van der Waals surface area contributed by atoms with Crippen LogP contribution in [0.1, 0.15) is 11.7 Å². The van der Waals surface area contributed by atoms with E-state index in [1.165, 1.54) is 10.8 Å². The van der Waals surface area contributed by atoms with E-state index < -0.39 is 0 Å². The fourth-order valence-electron chi connectivity index (χ4n) is 2.14. The predicted molar refractivity (Wildman–Crippen MR) is 73.4 cm³/mol. The minimum Gasteiger partial charge on any atom is -0.362 e. The molecule has 0 aliphatic carbocycles. The molecule has 1 aliphatic heterocycles. The predicted octanol–water partition coefficient (Wildman–Crippen LogP) is 2.79. The van der Waals surface area contributed by atoms with E-state index in [2.05, 4.69) is 51.6 Å². The van der Waals surface area contributed by atoms with Crippen molar-refractivity contribution >= 4 is 32.6 Å². The summed E-state index contributed by atoms with van der Waals surface area (Å²) in [5, 5.41) is 5.18. The summed E-state index contributed by atoms with van der Waals surface area (Å²) in [6, 6.07) is 12.4. The molecule has 0 unspecified atom stereocenters. The van der Waals surface area contributed by atoms with Gasteiger partial charge in [0.2, 0.25) is 5.91 Å². The van der Waals surface area contributed by atoms with Crippen molar-refractivity contribution in [3.05, 3.63) is 46.4 Å². The van der Waals surface area contributed by atoms with Crippen molar-refractivity contribution in [2.45, 2.75) is 6.10 Å². The zero-order chi connectivity index (χ0) is 12.5. The van der Waals surface area contributed by atoms with Crippen LogP contribution >= 0.6 is 15.9 Å². The number of halogens is 1. The van der Waals surface area contributed by atoms with Crippen LogP contribution in [0, 0.1) is 0 Å². The molecule has 3 nitrogen and oxygen atoms in total. The van der Waals surface area contributed by atoms with Crippen molar-refractivity contribution in [3.8, 4) is 0 Å². The molecule has 3 rings (SSSR count). The van der Waals surface area contributed by atoms with E-state index in [0.717, 1.165) is 10.0 Å². The van der Waals surface area contributed by atoms with Crippen molar-refractivity contribution in [3.63, 3.8) is 0 Å². The molecule has 0 saturated carbocycles. The molecule has 0 bridgehead atoms. The lowest BCUT2D eigenvalue weighted by molar-refractivity contribution is -0.133. The van der Waals surface area contributed by atoms with E-state index in [9.17, 15) is 4.79 Å². The second-order valence-corrected chi connectivity index (χ2v) is 5.27. The lowest BCUT2D eigenvalue weighted by atomic mass is 10.0. The molecule has 92 valence electrons. The Hall–Kier alpha value is -1.39. The summed E-state index contributed by atoms with van der Waals surface area (Å²) in [4.78, 5) is 11.0. The van der Waals surface area contributed by atoms with Crippen LogP contribution in [-0.2, 0) is 9.53 Å². The fraction of sp³-hybridized carbons (Fsp3) is 0.214. The van der Waals surface area contributed by atoms with Crippen LogP contribution < -0.4 is 5.32 Å². The average Bonchev–Trinajstić information content (AvgIpc) is 2.39. The van der Waals surface area contributed by atoms with Crippen molar-refractivity contribution in [2.75, 3.05) is 13.2 Å². The SMILES string of the molecule is O=C1CO[C@H](c2ccc3cc(Br)ccc3c2)CN1. The van der Waals surface area contributed by atoms with E-state index in [1.807, 2.05) is 6.07 Å². The maximum absolute atomic E-state index is 11.0. The van der Waals surface area contributed by atoms with Gasteiger partial charge in [0.25, 0.3) is 0 Å². The van der Waals surface area contributed by atoms with Gasteiger partial charge >= 0.3 is 0 Å². The number of morpholine rings is 1. The molecule has 1 heterocycles. The summed E-state index contributed by atoms with van der Waals surface area (Å²) in [6.45, 7) is 0.684. The summed E-state index contributed by atoms with van der Waals surface area (Å²) >= 11 is 3.46. The van der Waals surface area contributed by atoms with Crippen LogP contribution in [0.5, 0.6) is 0 Å². The maximum atomic E-state index is 11.0. The number of carbonyl (C=O) groups is 1. The highest BCUT2D eigenvalue weighted by Crippen LogP contribution is 2.25. The van der Waals surface area contributed by atoms with Gasteiger partial charge < -0.3 is 10.1 Å². The Morgan fingerprint density at radius 3 is 2.72 bits per heavy atom. The molecule has 1 atom stereocenters. The van der Waals surface area contributed by atoms with Gasteiger partial charge in [0.15, 0.2) is 0 Å². The molecular formula is C14H12BrNO2. The smallest absolute Gasteiger partial charge is 0.246 e. The summed E-state index contributed by atoms with van der Waals surface area (Å²) in [7, 11) is 0. The quantitative estimate of drug-likeness (QED) is 0.880. The number of nitrogens with one attached hydrogen (secondary N) is 1. The highest BCUT2D eigenvalue weighted by atomic mass is 79.9. The first kappa shape index (κ1) is 11.7. The van der Waals surface area contributed by atoms with Gasteiger partial charge in [-0.2, -0.15) is 0 Å². The third-order valence-corrected chi connectivity index (χ3v) is 3.59. The Kier molecular flexibility index (Phi) is 3.06. The molecule has 2 aromatic carbocycles. The number of ether oxygens (including phenoxy) is 1. The fourth-order valence-corrected chi connectivity index (χ4v) is 2.52. The Morgan fingerprint density at radius 1 is 1.17 bits per heavy atom. The summed E-state index contributed by atoms with van der Waals surface area (Å²) in [6.07, 6.45) is -0.0456. The van der Waals surface area contributed by atoms with Gasteiger partial charge in [-0.25, -0.2) is 0 Å². The monoisotopic (exact) mass is 305 g/mol. The normalized spacial score (nSPS) is 19.8. The van der Waals surface area contributed by atoms with Crippen molar-refractivity contribution < 1.29 is 9.53 Å². The van der Waals surface area contributed by atoms with Crippen LogP contribution in [0.2, 0.25) is 0 Å². The highest BCUT2D eigenvalue weighted by molar-refractivity contribution is 9.10. The number of hydrogen-bond acceptors (Lipinski definition) is 2. The largest absolute Gasteiger partial charge is 0.362 e. The van der Waals surface area contributed by atoms with E-state index in [0.29, 0.717) is 6.54 Å². The van der Waals surface area contributed by atoms with Gasteiger partial charge in [0.1, 0.15) is 12.7 Å². The number of benzene rings is 2. The summed E-state index contributed by atoms with van der Waals surface area (Å²) in [5.74, 6) is -0.0454. The first-order chi connectivity index (χ1) is 8.72. The van der Waals surface area contributed by atoms with Crippen LogP contribution in [0.4, 0.5) is 0 Å². The Balaban J connectivity index is 1.93. The molecule has 4 heteroatoms. The molecule has 1 fully saturated rings. The standard InChI is InChI=1S/C14H12BrNO2/c15-12-4-3-9-5-11(2-1-10(9)6-12)13-7-16-14(17)8-18-13/h1-6,13H,7-8H2,(H,16,17)/t13-/m0/s1. The first-order valence-electron chi connectivity index (χ1n) is 5.80. The Bertz CT molecular complexity index is 602. The Labute approximate surface area is 113 Å². The maximum Gasteiger partial charge on any atom is 0.246 e. The first-order valence-corrected chi connectivity index (χ1v) is 6.59. The van der Waals surface area contributed by atoms with E-state index >= 15 is 0 Å². The molecule has 1 saturated heterocycles. The van der Waals surface area contributed by atoms with Crippen LogP contribution in [-0.4, -0.2) is 19.1 Å². The van der Waals surface area contributed by atoms with Gasteiger partial charge in [-0.05, 0) is 34.5 Å². The van der Waals surface area contributed by atoms with Crippen molar-refractivity contribution in [2.24, 2.45) is 0 Å². The van der Waals surface area contributed by atoms with Crippen molar-refractivity contribution in [1.82, 2.24) is 5.32 Å². The lowest BCUT2D eigenvalue weighted by Crippen LogP contribution is -2.38. The lowest BCUT2D eigenvalue weighted by Gasteiger charge is -2.23. The number of carbonyl (C=O) groups excluding carboxylic acids is 1. The van der Waals surface area contributed by atoms with Gasteiger partial charge in [0.05, 0.1) is 0 Å². The van der Waals surface area contributed by atoms with E-state index in [-0.39, 0.29) is 18.6 Å². The molecule has 0 radical (unpaired) electrons. The number of amides is 1. The van der Waals surface area contributed by atoms with Gasteiger partial charge in [-0.1, -0.05) is 34.1 Å². The topological polar surface area (TPSA) is 38.3 Å². The van der Waals surface area contributed by atoms with Crippen LogP contribution in [0.15, 0.2) is 40.9 Å². The second kappa shape index (κ2) is 4.71. The molecule has 18 heavy (non-hydrogen) atoms. The van der Waals surface area contributed by atoms with Gasteiger partial charge in [-0.15, -0.1) is 0 Å². The second-order valence-electron chi connectivity index (χ2n) is 4.35. The van der Waals surface area contributed by atoms with Gasteiger partial charge in [0, 0.05) is 11.0 Å². The van der Waals surface area contributed by atoms with Gasteiger partial charge in [-0.3, -0.25) is 4.79 Å². The van der Waals surface area contributed by atoms with Crippen LogP contribution in [0.3, 0.4) is 0 Å². The molecule has 1 amide bonds. The molecular weight excluding hydrogens is 294 g/mol. The van der Waals surface area contributed by atoms with E-state index in [1.54, 1.807) is 0 Å². The molecule has 2 aromatic rings. The number of fused-ring (bicyclic) bond motifs is 1. The van der Waals surface area contributed by atoms with E-state index in [4.69, 9.17) is 4.74 Å². The minimum atomic E-state index is -0.0456. The summed E-state index contributed by atoms with van der Waals surface area (Å²) in [5.41, 5.74) is 1.10. The molecule has 0 aromatic heterocycles. The molecule has 1 aliphatic rings. The zero-order valence-electron chi connectivity index (χ0n) is 9.65. The molecule has 0 spiro atoms.